The maximum atomic E-state index is 7.01. The van der Waals surface area contributed by atoms with Gasteiger partial charge in [-0.3, -0.25) is 4.90 Å². The van der Waals surface area contributed by atoms with E-state index in [1.165, 1.54) is 6.42 Å². The van der Waals surface area contributed by atoms with E-state index >= 15 is 0 Å². The van der Waals surface area contributed by atoms with Crippen molar-refractivity contribution in [3.8, 4) is 17.0 Å². The Morgan fingerprint density at radius 3 is 2.73 bits per heavy atom. The van der Waals surface area contributed by atoms with Crippen molar-refractivity contribution in [3.63, 3.8) is 0 Å². The first-order chi connectivity index (χ1) is 14.7. The van der Waals surface area contributed by atoms with Gasteiger partial charge in [0.15, 0.2) is 0 Å². The van der Waals surface area contributed by atoms with Gasteiger partial charge in [0.05, 0.1) is 18.3 Å². The quantitative estimate of drug-likeness (QED) is 0.626. The average Bonchev–Trinajstić information content (AvgIpc) is 2.83. The van der Waals surface area contributed by atoms with Crippen molar-refractivity contribution >= 4 is 10.9 Å². The second kappa shape index (κ2) is 7.86. The number of hydrogen-bond acceptors (Lipinski definition) is 4. The van der Waals surface area contributed by atoms with Crippen LogP contribution in [0.1, 0.15) is 24.4 Å². The van der Waals surface area contributed by atoms with Crippen LogP contribution in [-0.2, 0) is 0 Å². The van der Waals surface area contributed by atoms with E-state index in [9.17, 15) is 0 Å². The molecule has 2 bridgehead atoms. The summed E-state index contributed by atoms with van der Waals surface area (Å²) in [5, 5.41) is 1.09. The molecule has 0 aliphatic carbocycles. The molecular weight excluding hydrogens is 370 g/mol. The highest BCUT2D eigenvalue weighted by Gasteiger charge is 2.41. The normalized spacial score (nSPS) is 26.5. The van der Waals surface area contributed by atoms with Crippen molar-refractivity contribution in [2.45, 2.75) is 24.9 Å². The van der Waals surface area contributed by atoms with Gasteiger partial charge in [-0.05, 0) is 61.1 Å². The molecular formula is C26H29N3O. The molecule has 0 spiro atoms. The second-order valence-corrected chi connectivity index (χ2v) is 8.62. The first-order valence-electron chi connectivity index (χ1n) is 10.8. The Morgan fingerprint density at radius 2 is 2.03 bits per heavy atom. The minimum atomic E-state index is -0.0707. The smallest absolute Gasteiger partial charge is 0.119 e. The van der Waals surface area contributed by atoms with Crippen LogP contribution in [0.5, 0.6) is 5.75 Å². The first-order valence-corrected chi connectivity index (χ1v) is 10.8. The fourth-order valence-electron chi connectivity index (χ4n) is 5.35. The molecule has 2 N–H and O–H groups in total. The van der Waals surface area contributed by atoms with Gasteiger partial charge in [-0.1, -0.05) is 36.4 Å². The fourth-order valence-corrected chi connectivity index (χ4v) is 5.35. The van der Waals surface area contributed by atoms with Crippen molar-refractivity contribution in [3.05, 3.63) is 72.8 Å². The lowest BCUT2D eigenvalue weighted by Gasteiger charge is -2.51. The highest BCUT2D eigenvalue weighted by Crippen LogP contribution is 2.42. The van der Waals surface area contributed by atoms with Gasteiger partial charge in [0.25, 0.3) is 0 Å². The second-order valence-electron chi connectivity index (χ2n) is 8.62. The topological polar surface area (TPSA) is 51.4 Å². The largest absolute Gasteiger partial charge is 0.497 e. The SMILES string of the molecule is C=C[C@H]1CN2CCC1C[C@H]2[C@@H](N)c1cc(-c2ccccc2)nc2ccc(OC)cc12. The van der Waals surface area contributed by atoms with Crippen molar-refractivity contribution < 1.29 is 4.74 Å². The third-order valence-electron chi connectivity index (χ3n) is 7.04. The summed E-state index contributed by atoms with van der Waals surface area (Å²) in [4.78, 5) is 7.52. The molecule has 0 radical (unpaired) electrons. The van der Waals surface area contributed by atoms with Gasteiger partial charge in [-0.15, -0.1) is 6.58 Å². The zero-order chi connectivity index (χ0) is 20.7. The van der Waals surface area contributed by atoms with Gasteiger partial charge < -0.3 is 10.5 Å². The zero-order valence-electron chi connectivity index (χ0n) is 17.5. The molecule has 154 valence electrons. The lowest BCUT2D eigenvalue weighted by Crippen LogP contribution is -2.56. The summed E-state index contributed by atoms with van der Waals surface area (Å²) in [7, 11) is 1.70. The number of fused-ring (bicyclic) bond motifs is 4. The van der Waals surface area contributed by atoms with Crippen molar-refractivity contribution in [1.29, 1.82) is 0 Å². The maximum Gasteiger partial charge on any atom is 0.119 e. The molecule has 2 unspecified atom stereocenters. The summed E-state index contributed by atoms with van der Waals surface area (Å²) < 4.78 is 5.51. The van der Waals surface area contributed by atoms with Gasteiger partial charge in [-0.25, -0.2) is 4.98 Å². The number of benzene rings is 2. The number of nitrogens with zero attached hydrogens (tertiary/aromatic N) is 2. The van der Waals surface area contributed by atoms with Gasteiger partial charge in [0, 0.05) is 29.6 Å². The highest BCUT2D eigenvalue weighted by molar-refractivity contribution is 5.87. The molecule has 30 heavy (non-hydrogen) atoms. The van der Waals surface area contributed by atoms with E-state index in [1.807, 2.05) is 18.2 Å². The lowest BCUT2D eigenvalue weighted by atomic mass is 9.73. The van der Waals surface area contributed by atoms with Gasteiger partial charge >= 0.3 is 0 Å². The molecule has 3 saturated heterocycles. The van der Waals surface area contributed by atoms with E-state index < -0.39 is 0 Å². The summed E-state index contributed by atoms with van der Waals surface area (Å²) in [6, 6.07) is 18.9. The number of hydrogen-bond donors (Lipinski definition) is 1. The Morgan fingerprint density at radius 1 is 1.20 bits per heavy atom. The summed E-state index contributed by atoms with van der Waals surface area (Å²) in [6.07, 6.45) is 4.52. The molecule has 3 fully saturated rings. The Labute approximate surface area is 178 Å². The number of methoxy groups -OCH3 is 1. The average molecular weight is 400 g/mol. The molecule has 2 aromatic carbocycles. The molecule has 0 saturated carbocycles. The molecule has 3 aliphatic heterocycles. The van der Waals surface area contributed by atoms with E-state index in [4.69, 9.17) is 15.5 Å². The standard InChI is InChI=1S/C26H29N3O/c1-3-17-16-29-12-11-19(17)13-25(29)26(27)22-15-24(18-7-5-4-6-8-18)28-23-10-9-20(30-2)14-21(22)23/h3-10,14-15,17,19,25-26H,1,11-13,16,27H2,2H3/t17-,19?,25-,26-/m0/s1. The van der Waals surface area contributed by atoms with E-state index in [-0.39, 0.29) is 6.04 Å². The van der Waals surface area contributed by atoms with Crippen LogP contribution in [0.2, 0.25) is 0 Å². The van der Waals surface area contributed by atoms with Crippen LogP contribution in [0, 0.1) is 11.8 Å². The summed E-state index contributed by atoms with van der Waals surface area (Å²) in [5.41, 5.74) is 11.2. The number of rotatable bonds is 5. The van der Waals surface area contributed by atoms with E-state index in [0.29, 0.717) is 17.9 Å². The van der Waals surface area contributed by atoms with Gasteiger partial charge in [0.1, 0.15) is 5.75 Å². The minimum Gasteiger partial charge on any atom is -0.497 e. The molecule has 3 aliphatic rings. The molecule has 3 aromatic rings. The predicted molar refractivity (Wildman–Crippen MR) is 122 cm³/mol. The molecule has 5 atom stereocenters. The van der Waals surface area contributed by atoms with Crippen LogP contribution in [0.25, 0.3) is 22.2 Å². The van der Waals surface area contributed by atoms with E-state index in [1.54, 1.807) is 7.11 Å². The molecule has 4 heteroatoms. The van der Waals surface area contributed by atoms with Crippen LogP contribution >= 0.6 is 0 Å². The number of aromatic nitrogens is 1. The van der Waals surface area contributed by atoms with Crippen LogP contribution in [0.3, 0.4) is 0 Å². The molecule has 1 aromatic heterocycles. The van der Waals surface area contributed by atoms with Crippen LogP contribution in [0.15, 0.2) is 67.3 Å². The monoisotopic (exact) mass is 399 g/mol. The summed E-state index contributed by atoms with van der Waals surface area (Å²) >= 11 is 0. The Hall–Kier alpha value is -2.69. The van der Waals surface area contributed by atoms with Gasteiger partial charge in [-0.2, -0.15) is 0 Å². The summed E-state index contributed by atoms with van der Waals surface area (Å²) in [6.45, 7) is 6.26. The molecule has 6 rings (SSSR count). The Bertz CT molecular complexity index is 1060. The number of ether oxygens (including phenoxy) is 1. The van der Waals surface area contributed by atoms with Crippen molar-refractivity contribution in [1.82, 2.24) is 9.88 Å². The summed E-state index contributed by atoms with van der Waals surface area (Å²) in [5.74, 6) is 2.12. The van der Waals surface area contributed by atoms with E-state index in [2.05, 4.69) is 54.0 Å². The predicted octanol–water partition coefficient (Wildman–Crippen LogP) is 4.81. The van der Waals surface area contributed by atoms with E-state index in [0.717, 1.165) is 53.0 Å². The third kappa shape index (κ3) is 3.30. The highest BCUT2D eigenvalue weighted by atomic mass is 16.5. The third-order valence-corrected chi connectivity index (χ3v) is 7.04. The number of pyridine rings is 1. The van der Waals surface area contributed by atoms with Gasteiger partial charge in [0.2, 0.25) is 0 Å². The molecule has 4 heterocycles. The van der Waals surface area contributed by atoms with Crippen molar-refractivity contribution in [2.24, 2.45) is 17.6 Å². The Kier molecular flexibility index (Phi) is 5.05. The number of nitrogens with two attached hydrogens (primary N) is 1. The molecule has 0 amide bonds. The maximum absolute atomic E-state index is 7.01. The van der Waals surface area contributed by atoms with Crippen LogP contribution < -0.4 is 10.5 Å². The lowest BCUT2D eigenvalue weighted by molar-refractivity contribution is 0.00750. The van der Waals surface area contributed by atoms with Crippen molar-refractivity contribution in [2.75, 3.05) is 20.2 Å². The Balaban J connectivity index is 1.60. The molecule has 4 nitrogen and oxygen atoms in total. The van der Waals surface area contributed by atoms with Crippen LogP contribution in [-0.4, -0.2) is 36.1 Å². The minimum absolute atomic E-state index is 0.0707. The number of piperidine rings is 3. The van der Waals surface area contributed by atoms with Crippen LogP contribution in [0.4, 0.5) is 0 Å². The fraction of sp³-hybridized carbons (Fsp3) is 0.346. The zero-order valence-corrected chi connectivity index (χ0v) is 17.5. The first kappa shape index (κ1) is 19.3.